The minimum atomic E-state index is 0.0212. The zero-order chi connectivity index (χ0) is 12.3. The van der Waals surface area contributed by atoms with Crippen LogP contribution in [-0.4, -0.2) is 33.0 Å². The highest BCUT2D eigenvalue weighted by Crippen LogP contribution is 2.22. The van der Waals surface area contributed by atoms with Crippen LogP contribution in [0.5, 0.6) is 0 Å². The predicted octanol–water partition coefficient (Wildman–Crippen LogP) is 1.88. The van der Waals surface area contributed by atoms with E-state index in [1.165, 1.54) is 17.9 Å². The molecule has 0 radical (unpaired) electrons. The Hall–Kier alpha value is -0.550. The van der Waals surface area contributed by atoms with Crippen LogP contribution in [0, 0.1) is 5.92 Å². The fraction of sp³-hybridized carbons (Fsp3) is 0.833. The number of rotatable bonds is 4. The molecule has 1 saturated heterocycles. The third-order valence-electron chi connectivity index (χ3n) is 2.99. The van der Waals surface area contributed by atoms with E-state index in [-0.39, 0.29) is 5.54 Å². The first-order valence-corrected chi connectivity index (χ1v) is 7.41. The van der Waals surface area contributed by atoms with Crippen molar-refractivity contribution in [2.45, 2.75) is 39.3 Å². The summed E-state index contributed by atoms with van der Waals surface area (Å²) in [5.41, 5.74) is 1.05. The first-order valence-electron chi connectivity index (χ1n) is 6.26. The first-order chi connectivity index (χ1) is 8.05. The van der Waals surface area contributed by atoms with Crippen LogP contribution >= 0.6 is 11.8 Å². The van der Waals surface area contributed by atoms with E-state index in [0.29, 0.717) is 0 Å². The highest BCUT2D eigenvalue weighted by Gasteiger charge is 2.16. The van der Waals surface area contributed by atoms with Gasteiger partial charge in [0.1, 0.15) is 0 Å². The van der Waals surface area contributed by atoms with E-state index in [4.69, 9.17) is 0 Å². The van der Waals surface area contributed by atoms with E-state index in [1.807, 2.05) is 10.9 Å². The topological polar surface area (TPSA) is 42.7 Å². The Morgan fingerprint density at radius 2 is 2.35 bits per heavy atom. The molecule has 1 N–H and O–H groups in total. The van der Waals surface area contributed by atoms with Crippen molar-refractivity contribution in [1.29, 1.82) is 0 Å². The van der Waals surface area contributed by atoms with Crippen molar-refractivity contribution in [3.8, 4) is 0 Å². The van der Waals surface area contributed by atoms with Crippen LogP contribution in [-0.2, 0) is 12.1 Å². The summed E-state index contributed by atoms with van der Waals surface area (Å²) in [6, 6.07) is 0. The van der Waals surface area contributed by atoms with Gasteiger partial charge in [0.25, 0.3) is 0 Å². The van der Waals surface area contributed by atoms with Gasteiger partial charge in [-0.05, 0) is 51.2 Å². The zero-order valence-corrected chi connectivity index (χ0v) is 11.8. The van der Waals surface area contributed by atoms with Crippen molar-refractivity contribution in [2.24, 2.45) is 5.92 Å². The summed E-state index contributed by atoms with van der Waals surface area (Å²) >= 11 is 2.06. The summed E-state index contributed by atoms with van der Waals surface area (Å²) in [4.78, 5) is 0. The first kappa shape index (κ1) is 12.9. The standard InChI is InChI=1S/C12H22N4S/c1-12(2,3)16-8-11(14-15-16)7-13-6-10-4-5-17-9-10/h8,10,13H,4-7,9H2,1-3H3. The number of nitrogens with zero attached hydrogens (tertiary/aromatic N) is 3. The second-order valence-electron chi connectivity index (χ2n) is 5.69. The maximum Gasteiger partial charge on any atom is 0.0965 e. The largest absolute Gasteiger partial charge is 0.311 e. The van der Waals surface area contributed by atoms with Gasteiger partial charge in [0, 0.05) is 6.54 Å². The molecule has 4 nitrogen and oxygen atoms in total. The van der Waals surface area contributed by atoms with Crippen LogP contribution in [0.15, 0.2) is 6.20 Å². The summed E-state index contributed by atoms with van der Waals surface area (Å²) in [6.07, 6.45) is 3.39. The molecule has 2 rings (SSSR count). The molecule has 1 aliphatic rings. The van der Waals surface area contributed by atoms with Gasteiger partial charge in [0.2, 0.25) is 0 Å². The quantitative estimate of drug-likeness (QED) is 0.891. The molecule has 1 atom stereocenters. The van der Waals surface area contributed by atoms with Gasteiger partial charge in [-0.15, -0.1) is 5.10 Å². The highest BCUT2D eigenvalue weighted by molar-refractivity contribution is 7.99. The number of hydrogen-bond acceptors (Lipinski definition) is 4. The van der Waals surface area contributed by atoms with E-state index in [1.54, 1.807) is 0 Å². The average Bonchev–Trinajstić information content (AvgIpc) is 2.86. The monoisotopic (exact) mass is 254 g/mol. The fourth-order valence-corrected chi connectivity index (χ4v) is 3.14. The minimum Gasteiger partial charge on any atom is -0.311 e. The molecular weight excluding hydrogens is 232 g/mol. The molecular formula is C12H22N4S. The van der Waals surface area contributed by atoms with Crippen molar-refractivity contribution in [3.05, 3.63) is 11.9 Å². The van der Waals surface area contributed by atoms with Gasteiger partial charge in [-0.2, -0.15) is 11.8 Å². The number of hydrogen-bond donors (Lipinski definition) is 1. The predicted molar refractivity (Wildman–Crippen MR) is 72.2 cm³/mol. The van der Waals surface area contributed by atoms with Gasteiger partial charge >= 0.3 is 0 Å². The number of thioether (sulfide) groups is 1. The van der Waals surface area contributed by atoms with Gasteiger partial charge in [-0.3, -0.25) is 0 Å². The van der Waals surface area contributed by atoms with Crippen LogP contribution in [0.4, 0.5) is 0 Å². The molecule has 1 aromatic rings. The van der Waals surface area contributed by atoms with E-state index < -0.39 is 0 Å². The van der Waals surface area contributed by atoms with E-state index in [2.05, 4.69) is 48.2 Å². The maximum absolute atomic E-state index is 4.19. The third-order valence-corrected chi connectivity index (χ3v) is 4.22. The van der Waals surface area contributed by atoms with Crippen LogP contribution in [0.1, 0.15) is 32.9 Å². The van der Waals surface area contributed by atoms with Crippen molar-refractivity contribution in [1.82, 2.24) is 20.3 Å². The van der Waals surface area contributed by atoms with Crippen LogP contribution in [0.2, 0.25) is 0 Å². The van der Waals surface area contributed by atoms with Crippen molar-refractivity contribution < 1.29 is 0 Å². The second-order valence-corrected chi connectivity index (χ2v) is 6.84. The Bertz CT molecular complexity index is 350. The minimum absolute atomic E-state index is 0.0212. The summed E-state index contributed by atoms with van der Waals surface area (Å²) < 4.78 is 1.93. The van der Waals surface area contributed by atoms with Crippen LogP contribution in [0.3, 0.4) is 0 Å². The van der Waals surface area contributed by atoms with Crippen molar-refractivity contribution in [3.63, 3.8) is 0 Å². The molecule has 5 heteroatoms. The van der Waals surface area contributed by atoms with Gasteiger partial charge in [0.05, 0.1) is 17.4 Å². The molecule has 1 fully saturated rings. The van der Waals surface area contributed by atoms with E-state index in [9.17, 15) is 0 Å². The van der Waals surface area contributed by atoms with Crippen molar-refractivity contribution in [2.75, 3.05) is 18.1 Å². The summed E-state index contributed by atoms with van der Waals surface area (Å²) in [7, 11) is 0. The van der Waals surface area contributed by atoms with Crippen LogP contribution < -0.4 is 5.32 Å². The highest BCUT2D eigenvalue weighted by atomic mass is 32.2. The average molecular weight is 254 g/mol. The van der Waals surface area contributed by atoms with Crippen molar-refractivity contribution >= 4 is 11.8 Å². The number of aromatic nitrogens is 3. The lowest BCUT2D eigenvalue weighted by molar-refractivity contribution is 0.347. The summed E-state index contributed by atoms with van der Waals surface area (Å²) in [5, 5.41) is 11.8. The van der Waals surface area contributed by atoms with Gasteiger partial charge < -0.3 is 5.32 Å². The lowest BCUT2D eigenvalue weighted by atomic mass is 10.1. The Kier molecular flexibility index (Phi) is 4.09. The molecule has 0 amide bonds. The molecule has 1 aromatic heterocycles. The van der Waals surface area contributed by atoms with Gasteiger partial charge in [-0.25, -0.2) is 4.68 Å². The molecule has 17 heavy (non-hydrogen) atoms. The van der Waals surface area contributed by atoms with Gasteiger partial charge in [0.15, 0.2) is 0 Å². The van der Waals surface area contributed by atoms with Crippen LogP contribution in [0.25, 0.3) is 0 Å². The third kappa shape index (κ3) is 3.71. The molecule has 1 unspecified atom stereocenters. The maximum atomic E-state index is 4.19. The molecule has 0 bridgehead atoms. The molecule has 2 heterocycles. The zero-order valence-electron chi connectivity index (χ0n) is 10.9. The lowest BCUT2D eigenvalue weighted by Crippen LogP contribution is -2.23. The summed E-state index contributed by atoms with van der Waals surface area (Å²) in [5.74, 6) is 3.48. The molecule has 0 saturated carbocycles. The summed E-state index contributed by atoms with van der Waals surface area (Å²) in [6.45, 7) is 8.34. The normalized spacial score (nSPS) is 21.0. The second kappa shape index (κ2) is 5.40. The Labute approximate surface area is 108 Å². The smallest absolute Gasteiger partial charge is 0.0965 e. The Morgan fingerprint density at radius 1 is 1.53 bits per heavy atom. The fourth-order valence-electron chi connectivity index (χ4n) is 1.86. The molecule has 0 spiro atoms. The Balaban J connectivity index is 1.77. The molecule has 0 aromatic carbocycles. The lowest BCUT2D eigenvalue weighted by Gasteiger charge is -2.17. The Morgan fingerprint density at radius 3 is 2.94 bits per heavy atom. The molecule has 96 valence electrons. The molecule has 0 aliphatic carbocycles. The van der Waals surface area contributed by atoms with Gasteiger partial charge in [-0.1, -0.05) is 5.21 Å². The SMILES string of the molecule is CC(C)(C)n1cc(CNCC2CCSC2)nn1. The molecule has 1 aliphatic heterocycles. The van der Waals surface area contributed by atoms with E-state index in [0.717, 1.165) is 24.7 Å². The number of nitrogens with one attached hydrogen (secondary N) is 1. The van der Waals surface area contributed by atoms with E-state index >= 15 is 0 Å².